The lowest BCUT2D eigenvalue weighted by Crippen LogP contribution is -2.29. The molecule has 0 saturated heterocycles. The number of aliphatic hydroxyl groups is 1. The third-order valence-electron chi connectivity index (χ3n) is 2.81. The Kier molecular flexibility index (Phi) is 5.37. The van der Waals surface area contributed by atoms with Gasteiger partial charge in [0.25, 0.3) is 5.56 Å². The highest BCUT2D eigenvalue weighted by atomic mass is 35.5. The van der Waals surface area contributed by atoms with Crippen molar-refractivity contribution >= 4 is 17.3 Å². The van der Waals surface area contributed by atoms with Crippen LogP contribution in [0.25, 0.3) is 0 Å². The fraction of sp³-hybridized carbons (Fsp3) is 0.500. The van der Waals surface area contributed by atoms with Crippen molar-refractivity contribution in [3.05, 3.63) is 34.2 Å². The van der Waals surface area contributed by atoms with Gasteiger partial charge in [0.15, 0.2) is 0 Å². The van der Waals surface area contributed by atoms with Crippen molar-refractivity contribution < 1.29 is 5.11 Å². The van der Waals surface area contributed by atoms with Crippen molar-refractivity contribution in [1.82, 2.24) is 9.78 Å². The third-order valence-corrected chi connectivity index (χ3v) is 3.18. The number of halogens is 1. The fourth-order valence-electron chi connectivity index (χ4n) is 1.36. The monoisotopic (exact) mass is 271 g/mol. The number of rotatable bonds is 6. The zero-order valence-electron chi connectivity index (χ0n) is 10.6. The number of anilines is 1. The second-order valence-electron chi connectivity index (χ2n) is 4.24. The van der Waals surface area contributed by atoms with E-state index in [0.717, 1.165) is 0 Å². The summed E-state index contributed by atoms with van der Waals surface area (Å²) in [6.07, 6.45) is 3.09. The molecule has 1 aromatic rings. The van der Waals surface area contributed by atoms with Gasteiger partial charge in [-0.05, 0) is 12.8 Å². The molecule has 2 unspecified atom stereocenters. The van der Waals surface area contributed by atoms with Gasteiger partial charge in [-0.2, -0.15) is 5.10 Å². The summed E-state index contributed by atoms with van der Waals surface area (Å²) >= 11 is 5.99. The van der Waals surface area contributed by atoms with Crippen molar-refractivity contribution in [3.63, 3.8) is 0 Å². The van der Waals surface area contributed by atoms with Crippen LogP contribution in [0.2, 0.25) is 5.02 Å². The SMILES string of the molecule is C=CCn1ncc(NC(C)C(C)CO)c(Cl)c1=O. The Balaban J connectivity index is 2.95. The molecule has 0 fully saturated rings. The molecule has 0 spiro atoms. The summed E-state index contributed by atoms with van der Waals surface area (Å²) in [5.74, 6) is 0.0525. The van der Waals surface area contributed by atoms with Gasteiger partial charge in [0, 0.05) is 12.6 Å². The van der Waals surface area contributed by atoms with E-state index in [4.69, 9.17) is 16.7 Å². The highest BCUT2D eigenvalue weighted by Crippen LogP contribution is 2.18. The number of allylic oxidation sites excluding steroid dienone is 1. The van der Waals surface area contributed by atoms with Gasteiger partial charge in [-0.1, -0.05) is 24.6 Å². The van der Waals surface area contributed by atoms with Crippen molar-refractivity contribution in [2.75, 3.05) is 11.9 Å². The summed E-state index contributed by atoms with van der Waals surface area (Å²) in [5, 5.41) is 16.2. The van der Waals surface area contributed by atoms with Crippen LogP contribution >= 0.6 is 11.6 Å². The minimum absolute atomic E-state index is 0.0102. The molecule has 0 radical (unpaired) electrons. The quantitative estimate of drug-likeness (QED) is 0.770. The van der Waals surface area contributed by atoms with E-state index in [1.807, 2.05) is 13.8 Å². The average molecular weight is 272 g/mol. The summed E-state index contributed by atoms with van der Waals surface area (Å²) < 4.78 is 1.24. The highest BCUT2D eigenvalue weighted by molar-refractivity contribution is 6.32. The van der Waals surface area contributed by atoms with Crippen molar-refractivity contribution in [3.8, 4) is 0 Å². The van der Waals surface area contributed by atoms with E-state index in [1.54, 1.807) is 6.08 Å². The summed E-state index contributed by atoms with van der Waals surface area (Å²) in [5.41, 5.74) is 0.125. The minimum atomic E-state index is -0.356. The number of nitrogens with zero attached hydrogens (tertiary/aromatic N) is 2. The summed E-state index contributed by atoms with van der Waals surface area (Å²) in [4.78, 5) is 11.8. The molecule has 2 N–H and O–H groups in total. The third kappa shape index (κ3) is 3.34. The lowest BCUT2D eigenvalue weighted by Gasteiger charge is -2.20. The first-order chi connectivity index (χ1) is 8.51. The van der Waals surface area contributed by atoms with Crippen LogP contribution in [0.1, 0.15) is 13.8 Å². The zero-order chi connectivity index (χ0) is 13.7. The van der Waals surface area contributed by atoms with Crippen LogP contribution in [0.5, 0.6) is 0 Å². The Labute approximate surface area is 111 Å². The lowest BCUT2D eigenvalue weighted by molar-refractivity contribution is 0.226. The molecule has 1 aromatic heterocycles. The van der Waals surface area contributed by atoms with Gasteiger partial charge in [-0.15, -0.1) is 6.58 Å². The second-order valence-corrected chi connectivity index (χ2v) is 4.62. The van der Waals surface area contributed by atoms with Crippen molar-refractivity contribution in [1.29, 1.82) is 0 Å². The van der Waals surface area contributed by atoms with Crippen LogP contribution in [0, 0.1) is 5.92 Å². The largest absolute Gasteiger partial charge is 0.396 e. The number of aromatic nitrogens is 2. The molecule has 100 valence electrons. The number of hydrogen-bond acceptors (Lipinski definition) is 4. The summed E-state index contributed by atoms with van der Waals surface area (Å²) in [7, 11) is 0. The van der Waals surface area contributed by atoms with Crippen LogP contribution in [-0.2, 0) is 6.54 Å². The van der Waals surface area contributed by atoms with E-state index in [1.165, 1.54) is 10.9 Å². The predicted molar refractivity (Wildman–Crippen MR) is 73.0 cm³/mol. The van der Waals surface area contributed by atoms with E-state index >= 15 is 0 Å². The molecular weight excluding hydrogens is 254 g/mol. The van der Waals surface area contributed by atoms with Crippen LogP contribution in [-0.4, -0.2) is 27.5 Å². The van der Waals surface area contributed by atoms with Gasteiger partial charge < -0.3 is 10.4 Å². The maximum absolute atomic E-state index is 11.8. The maximum Gasteiger partial charge on any atom is 0.287 e. The fourth-order valence-corrected chi connectivity index (χ4v) is 1.56. The normalized spacial score (nSPS) is 14.0. The molecule has 0 aromatic carbocycles. The Morgan fingerprint density at radius 3 is 2.89 bits per heavy atom. The molecule has 0 saturated carbocycles. The van der Waals surface area contributed by atoms with E-state index in [0.29, 0.717) is 12.2 Å². The molecule has 2 atom stereocenters. The first kappa shape index (κ1) is 14.7. The highest BCUT2D eigenvalue weighted by Gasteiger charge is 2.14. The molecule has 1 heterocycles. The maximum atomic E-state index is 11.8. The molecule has 0 aliphatic carbocycles. The van der Waals surface area contributed by atoms with Gasteiger partial charge in [0.2, 0.25) is 0 Å². The van der Waals surface area contributed by atoms with Gasteiger partial charge >= 0.3 is 0 Å². The Morgan fingerprint density at radius 1 is 1.67 bits per heavy atom. The van der Waals surface area contributed by atoms with E-state index < -0.39 is 0 Å². The first-order valence-electron chi connectivity index (χ1n) is 5.75. The van der Waals surface area contributed by atoms with E-state index in [9.17, 15) is 4.79 Å². The zero-order valence-corrected chi connectivity index (χ0v) is 11.3. The topological polar surface area (TPSA) is 67.2 Å². The Morgan fingerprint density at radius 2 is 2.33 bits per heavy atom. The van der Waals surface area contributed by atoms with Crippen molar-refractivity contribution in [2.45, 2.75) is 26.4 Å². The lowest BCUT2D eigenvalue weighted by atomic mass is 10.1. The van der Waals surface area contributed by atoms with Crippen LogP contribution in [0.4, 0.5) is 5.69 Å². The molecule has 5 nitrogen and oxygen atoms in total. The summed E-state index contributed by atoms with van der Waals surface area (Å²) in [6, 6.07) is -0.0102. The number of aliphatic hydroxyl groups excluding tert-OH is 1. The van der Waals surface area contributed by atoms with Crippen LogP contribution in [0.3, 0.4) is 0 Å². The molecule has 0 aliphatic heterocycles. The smallest absolute Gasteiger partial charge is 0.287 e. The van der Waals surface area contributed by atoms with Crippen LogP contribution in [0.15, 0.2) is 23.6 Å². The predicted octanol–water partition coefficient (Wildman–Crippen LogP) is 1.51. The molecule has 0 aliphatic rings. The molecule has 18 heavy (non-hydrogen) atoms. The number of hydrogen-bond donors (Lipinski definition) is 2. The first-order valence-corrected chi connectivity index (χ1v) is 6.13. The Hall–Kier alpha value is -1.33. The molecule has 0 amide bonds. The number of nitrogens with one attached hydrogen (secondary N) is 1. The van der Waals surface area contributed by atoms with E-state index in [-0.39, 0.29) is 29.1 Å². The van der Waals surface area contributed by atoms with Gasteiger partial charge in [-0.3, -0.25) is 4.79 Å². The van der Waals surface area contributed by atoms with Gasteiger partial charge in [-0.25, -0.2) is 4.68 Å². The van der Waals surface area contributed by atoms with Gasteiger partial charge in [0.05, 0.1) is 18.4 Å². The van der Waals surface area contributed by atoms with Crippen LogP contribution < -0.4 is 10.9 Å². The van der Waals surface area contributed by atoms with Gasteiger partial charge in [0.1, 0.15) is 5.02 Å². The minimum Gasteiger partial charge on any atom is -0.396 e. The van der Waals surface area contributed by atoms with Crippen molar-refractivity contribution in [2.24, 2.45) is 5.92 Å². The molecule has 1 rings (SSSR count). The Bertz CT molecular complexity index is 473. The molecule has 0 bridgehead atoms. The average Bonchev–Trinajstić information content (AvgIpc) is 2.37. The molecule has 6 heteroatoms. The molecular formula is C12H18ClN3O2. The second kappa shape index (κ2) is 6.56. The summed E-state index contributed by atoms with van der Waals surface area (Å²) in [6.45, 7) is 7.74. The standard InChI is InChI=1S/C12H18ClN3O2/c1-4-5-16-12(18)11(13)10(6-14-16)15-9(3)8(2)7-17/h4,6,8-9,15,17H,1,5,7H2,2-3H3. The van der Waals surface area contributed by atoms with E-state index in [2.05, 4.69) is 17.0 Å².